The molecule has 1 fully saturated rings. The Kier molecular flexibility index (Phi) is 6.07. The Morgan fingerprint density at radius 2 is 1.77 bits per heavy atom. The third kappa shape index (κ3) is 4.73. The van der Waals surface area contributed by atoms with Crippen LogP contribution in [-0.2, 0) is 6.42 Å². The topological polar surface area (TPSA) is 44.8 Å². The first kappa shape index (κ1) is 18.2. The second-order valence-electron chi connectivity index (χ2n) is 6.33. The molecular formula is C20H24FN3O2. The molecule has 2 amide bonds. The van der Waals surface area contributed by atoms with Crippen LogP contribution in [0.2, 0.25) is 0 Å². The fourth-order valence-electron chi connectivity index (χ4n) is 3.10. The van der Waals surface area contributed by atoms with Crippen LogP contribution in [0.15, 0.2) is 48.5 Å². The number of nitrogens with zero attached hydrogens (tertiary/aromatic N) is 2. The lowest BCUT2D eigenvalue weighted by Crippen LogP contribution is -2.50. The number of benzene rings is 2. The van der Waals surface area contributed by atoms with Gasteiger partial charge in [-0.1, -0.05) is 18.2 Å². The molecule has 0 saturated carbocycles. The van der Waals surface area contributed by atoms with Crippen molar-refractivity contribution in [3.8, 4) is 5.75 Å². The minimum atomic E-state index is -0.313. The smallest absolute Gasteiger partial charge is 0.321 e. The number of nitrogens with one attached hydrogen (secondary N) is 1. The summed E-state index contributed by atoms with van der Waals surface area (Å²) in [4.78, 5) is 16.5. The van der Waals surface area contributed by atoms with Crippen molar-refractivity contribution >= 4 is 11.7 Å². The van der Waals surface area contributed by atoms with Gasteiger partial charge in [0.15, 0.2) is 0 Å². The van der Waals surface area contributed by atoms with E-state index in [2.05, 4.69) is 16.3 Å². The SMILES string of the molecule is COc1ccccc1CCN1CCN(C(=O)Nc2ccc(F)cc2)CC1. The van der Waals surface area contributed by atoms with Crippen LogP contribution < -0.4 is 10.1 Å². The Morgan fingerprint density at radius 1 is 1.08 bits per heavy atom. The van der Waals surface area contributed by atoms with Crippen molar-refractivity contribution in [1.29, 1.82) is 0 Å². The van der Waals surface area contributed by atoms with Gasteiger partial charge in [-0.25, -0.2) is 9.18 Å². The van der Waals surface area contributed by atoms with Crippen molar-refractivity contribution in [2.75, 3.05) is 45.2 Å². The van der Waals surface area contributed by atoms with Gasteiger partial charge in [0, 0.05) is 38.4 Å². The molecule has 2 aromatic rings. The molecule has 1 aliphatic heterocycles. The molecule has 1 saturated heterocycles. The highest BCUT2D eigenvalue weighted by molar-refractivity contribution is 5.89. The standard InChI is InChI=1S/C20H24FN3O2/c1-26-19-5-3-2-4-16(19)10-11-23-12-14-24(15-13-23)20(25)22-18-8-6-17(21)7-9-18/h2-9H,10-15H2,1H3,(H,22,25). The van der Waals surface area contributed by atoms with Crippen molar-refractivity contribution in [3.63, 3.8) is 0 Å². The first-order valence-corrected chi connectivity index (χ1v) is 8.81. The Morgan fingerprint density at radius 3 is 2.46 bits per heavy atom. The van der Waals surface area contributed by atoms with Crippen molar-refractivity contribution in [3.05, 3.63) is 59.9 Å². The number of urea groups is 1. The predicted molar refractivity (Wildman–Crippen MR) is 100 cm³/mol. The Labute approximate surface area is 153 Å². The maximum atomic E-state index is 12.9. The first-order chi connectivity index (χ1) is 12.7. The summed E-state index contributed by atoms with van der Waals surface area (Å²) < 4.78 is 18.3. The first-order valence-electron chi connectivity index (χ1n) is 8.81. The number of hydrogen-bond acceptors (Lipinski definition) is 3. The third-order valence-electron chi connectivity index (χ3n) is 4.64. The van der Waals surface area contributed by atoms with Crippen molar-refractivity contribution in [2.24, 2.45) is 0 Å². The summed E-state index contributed by atoms with van der Waals surface area (Å²) in [6, 6.07) is 13.7. The van der Waals surface area contributed by atoms with E-state index in [9.17, 15) is 9.18 Å². The van der Waals surface area contributed by atoms with E-state index in [4.69, 9.17) is 4.74 Å². The minimum absolute atomic E-state index is 0.138. The third-order valence-corrected chi connectivity index (χ3v) is 4.64. The molecule has 3 rings (SSSR count). The van der Waals surface area contributed by atoms with Gasteiger partial charge in [0.2, 0.25) is 0 Å². The fourth-order valence-corrected chi connectivity index (χ4v) is 3.10. The number of para-hydroxylation sites is 1. The zero-order chi connectivity index (χ0) is 18.4. The summed E-state index contributed by atoms with van der Waals surface area (Å²) in [7, 11) is 1.69. The molecule has 0 spiro atoms. The monoisotopic (exact) mass is 357 g/mol. The molecular weight excluding hydrogens is 333 g/mol. The molecule has 26 heavy (non-hydrogen) atoms. The number of ether oxygens (including phenoxy) is 1. The van der Waals surface area contributed by atoms with Crippen LogP contribution in [0.3, 0.4) is 0 Å². The van der Waals surface area contributed by atoms with Gasteiger partial charge in [0.05, 0.1) is 7.11 Å². The van der Waals surface area contributed by atoms with E-state index in [0.717, 1.165) is 31.8 Å². The molecule has 5 nitrogen and oxygen atoms in total. The molecule has 0 bridgehead atoms. The number of rotatable bonds is 5. The second kappa shape index (κ2) is 8.67. The quantitative estimate of drug-likeness (QED) is 0.894. The molecule has 2 aromatic carbocycles. The largest absolute Gasteiger partial charge is 0.496 e. The van der Waals surface area contributed by atoms with Crippen LogP contribution in [0.1, 0.15) is 5.56 Å². The number of amides is 2. The lowest BCUT2D eigenvalue weighted by molar-refractivity contribution is 0.148. The molecule has 1 heterocycles. The van der Waals surface area contributed by atoms with E-state index in [0.29, 0.717) is 18.8 Å². The Bertz CT molecular complexity index is 728. The maximum Gasteiger partial charge on any atom is 0.321 e. The van der Waals surface area contributed by atoms with Gasteiger partial charge in [-0.15, -0.1) is 0 Å². The molecule has 1 N–H and O–H groups in total. The van der Waals surface area contributed by atoms with Crippen LogP contribution in [0.5, 0.6) is 5.75 Å². The maximum absolute atomic E-state index is 12.9. The highest BCUT2D eigenvalue weighted by atomic mass is 19.1. The van der Waals surface area contributed by atoms with Gasteiger partial charge >= 0.3 is 6.03 Å². The molecule has 1 aliphatic rings. The second-order valence-corrected chi connectivity index (χ2v) is 6.33. The highest BCUT2D eigenvalue weighted by Gasteiger charge is 2.21. The number of piperazine rings is 1. The van der Waals surface area contributed by atoms with Crippen molar-refractivity contribution in [1.82, 2.24) is 9.80 Å². The van der Waals surface area contributed by atoms with Crippen LogP contribution >= 0.6 is 0 Å². The molecule has 0 radical (unpaired) electrons. The zero-order valence-corrected chi connectivity index (χ0v) is 15.0. The van der Waals surface area contributed by atoms with Gasteiger partial charge in [0.25, 0.3) is 0 Å². The highest BCUT2D eigenvalue weighted by Crippen LogP contribution is 2.18. The Hall–Kier alpha value is -2.60. The van der Waals surface area contributed by atoms with Crippen LogP contribution in [0.4, 0.5) is 14.9 Å². The summed E-state index contributed by atoms with van der Waals surface area (Å²) in [5.74, 6) is 0.608. The lowest BCUT2D eigenvalue weighted by atomic mass is 10.1. The summed E-state index contributed by atoms with van der Waals surface area (Å²) in [6.07, 6.45) is 0.922. The number of hydrogen-bond donors (Lipinski definition) is 1. The Balaban J connectivity index is 1.45. The van der Waals surface area contributed by atoms with E-state index < -0.39 is 0 Å². The van der Waals surface area contributed by atoms with E-state index in [1.54, 1.807) is 24.1 Å². The molecule has 6 heteroatoms. The van der Waals surface area contributed by atoms with Crippen molar-refractivity contribution in [2.45, 2.75) is 6.42 Å². The zero-order valence-electron chi connectivity index (χ0n) is 15.0. The van der Waals surface area contributed by atoms with Gasteiger partial charge < -0.3 is 15.0 Å². The number of carbonyl (C=O) groups is 1. The summed E-state index contributed by atoms with van der Waals surface area (Å²) in [6.45, 7) is 3.98. The number of halogens is 1. The van der Waals surface area contributed by atoms with Gasteiger partial charge in [-0.3, -0.25) is 4.90 Å². The number of methoxy groups -OCH3 is 1. The average molecular weight is 357 g/mol. The summed E-state index contributed by atoms with van der Waals surface area (Å²) in [5, 5.41) is 2.81. The number of anilines is 1. The van der Waals surface area contributed by atoms with Crippen LogP contribution in [-0.4, -0.2) is 55.7 Å². The van der Waals surface area contributed by atoms with E-state index in [1.165, 1.54) is 17.7 Å². The molecule has 0 aliphatic carbocycles. The summed E-state index contributed by atoms with van der Waals surface area (Å²) in [5.41, 5.74) is 1.81. The van der Waals surface area contributed by atoms with E-state index in [-0.39, 0.29) is 11.8 Å². The van der Waals surface area contributed by atoms with Crippen LogP contribution in [0, 0.1) is 5.82 Å². The molecule has 0 unspecified atom stereocenters. The van der Waals surface area contributed by atoms with Gasteiger partial charge in [0.1, 0.15) is 11.6 Å². The molecule has 0 aromatic heterocycles. The van der Waals surface area contributed by atoms with Crippen LogP contribution in [0.25, 0.3) is 0 Å². The van der Waals surface area contributed by atoms with E-state index >= 15 is 0 Å². The normalized spacial score (nSPS) is 14.9. The van der Waals surface area contributed by atoms with Gasteiger partial charge in [-0.05, 0) is 42.3 Å². The lowest BCUT2D eigenvalue weighted by Gasteiger charge is -2.34. The average Bonchev–Trinajstić information content (AvgIpc) is 2.68. The fraction of sp³-hybridized carbons (Fsp3) is 0.350. The summed E-state index contributed by atoms with van der Waals surface area (Å²) >= 11 is 0. The minimum Gasteiger partial charge on any atom is -0.496 e. The van der Waals surface area contributed by atoms with E-state index in [1.807, 2.05) is 18.2 Å². The van der Waals surface area contributed by atoms with Crippen molar-refractivity contribution < 1.29 is 13.9 Å². The van der Waals surface area contributed by atoms with Gasteiger partial charge in [-0.2, -0.15) is 0 Å². The predicted octanol–water partition coefficient (Wildman–Crippen LogP) is 3.23. The molecule has 0 atom stereocenters. The number of carbonyl (C=O) groups excluding carboxylic acids is 1. The molecule has 138 valence electrons.